The van der Waals surface area contributed by atoms with Crippen LogP contribution in [0.25, 0.3) is 0 Å². The number of halogens is 2. The van der Waals surface area contributed by atoms with Crippen molar-refractivity contribution in [2.45, 2.75) is 13.0 Å². The Morgan fingerprint density at radius 2 is 1.84 bits per heavy atom. The number of rotatable bonds is 3. The van der Waals surface area contributed by atoms with Gasteiger partial charge in [-0.3, -0.25) is 0 Å². The van der Waals surface area contributed by atoms with Crippen LogP contribution in [-0.4, -0.2) is 17.0 Å². The van der Waals surface area contributed by atoms with Crippen molar-refractivity contribution < 1.29 is 0 Å². The molecule has 0 saturated heterocycles. The highest BCUT2D eigenvalue weighted by atomic mass is 35.5. The maximum atomic E-state index is 6.10. The van der Waals surface area contributed by atoms with Crippen LogP contribution in [0.15, 0.2) is 30.5 Å². The van der Waals surface area contributed by atoms with Gasteiger partial charge in [-0.25, -0.2) is 4.98 Å². The minimum atomic E-state index is 0.0871. The SMILES string of the molecule is CC(c1ccc(Cl)cc1)N(C)c1nc(N)ncc1Cl. The zero-order chi connectivity index (χ0) is 14.0. The summed E-state index contributed by atoms with van der Waals surface area (Å²) in [5.41, 5.74) is 6.71. The van der Waals surface area contributed by atoms with Crippen molar-refractivity contribution in [1.29, 1.82) is 0 Å². The Kier molecular flexibility index (Phi) is 4.12. The van der Waals surface area contributed by atoms with Gasteiger partial charge in [-0.05, 0) is 24.6 Å². The maximum Gasteiger partial charge on any atom is 0.222 e. The molecule has 1 atom stereocenters. The Labute approximate surface area is 122 Å². The molecule has 2 rings (SSSR count). The van der Waals surface area contributed by atoms with Crippen molar-refractivity contribution in [1.82, 2.24) is 9.97 Å². The average Bonchev–Trinajstić information content (AvgIpc) is 2.41. The molecule has 4 nitrogen and oxygen atoms in total. The average molecular weight is 297 g/mol. The van der Waals surface area contributed by atoms with E-state index in [2.05, 4.69) is 16.9 Å². The molecule has 0 saturated carbocycles. The van der Waals surface area contributed by atoms with Crippen molar-refractivity contribution in [2.24, 2.45) is 0 Å². The van der Waals surface area contributed by atoms with Crippen molar-refractivity contribution >= 4 is 35.0 Å². The summed E-state index contributed by atoms with van der Waals surface area (Å²) >= 11 is 12.0. The van der Waals surface area contributed by atoms with E-state index in [-0.39, 0.29) is 12.0 Å². The normalized spacial score (nSPS) is 12.2. The highest BCUT2D eigenvalue weighted by Crippen LogP contribution is 2.29. The number of hydrogen-bond acceptors (Lipinski definition) is 4. The Morgan fingerprint density at radius 1 is 1.21 bits per heavy atom. The summed E-state index contributed by atoms with van der Waals surface area (Å²) in [5, 5.41) is 1.18. The topological polar surface area (TPSA) is 55.0 Å². The van der Waals surface area contributed by atoms with E-state index < -0.39 is 0 Å². The molecule has 1 aromatic heterocycles. The fourth-order valence-electron chi connectivity index (χ4n) is 1.77. The van der Waals surface area contributed by atoms with Gasteiger partial charge >= 0.3 is 0 Å². The van der Waals surface area contributed by atoms with E-state index in [0.717, 1.165) is 5.56 Å². The minimum Gasteiger partial charge on any atom is -0.368 e. The van der Waals surface area contributed by atoms with Crippen LogP contribution < -0.4 is 10.6 Å². The Bertz CT molecular complexity index is 571. The molecule has 100 valence electrons. The first-order chi connectivity index (χ1) is 8.99. The fraction of sp³-hybridized carbons (Fsp3) is 0.231. The number of anilines is 2. The van der Waals surface area contributed by atoms with Crippen molar-refractivity contribution in [3.05, 3.63) is 46.1 Å². The molecule has 1 unspecified atom stereocenters. The minimum absolute atomic E-state index is 0.0871. The monoisotopic (exact) mass is 296 g/mol. The van der Waals surface area contributed by atoms with Gasteiger partial charge in [-0.15, -0.1) is 0 Å². The van der Waals surface area contributed by atoms with Gasteiger partial charge in [0.25, 0.3) is 0 Å². The van der Waals surface area contributed by atoms with E-state index >= 15 is 0 Å². The molecule has 1 heterocycles. The molecule has 0 spiro atoms. The lowest BCUT2D eigenvalue weighted by molar-refractivity contribution is 0.728. The molecule has 0 amide bonds. The Hall–Kier alpha value is -1.52. The molecule has 1 aromatic carbocycles. The molecule has 0 fully saturated rings. The lowest BCUT2D eigenvalue weighted by atomic mass is 10.1. The third-order valence-electron chi connectivity index (χ3n) is 3.01. The van der Waals surface area contributed by atoms with E-state index in [0.29, 0.717) is 15.9 Å². The molecule has 0 aliphatic carbocycles. The summed E-state index contributed by atoms with van der Waals surface area (Å²) in [4.78, 5) is 9.98. The zero-order valence-corrected chi connectivity index (χ0v) is 12.2. The van der Waals surface area contributed by atoms with Crippen LogP contribution in [0.2, 0.25) is 10.0 Å². The molecule has 0 bridgehead atoms. The third-order valence-corrected chi connectivity index (χ3v) is 3.53. The molecule has 2 aromatic rings. The number of nitrogen functional groups attached to an aromatic ring is 1. The first-order valence-electron chi connectivity index (χ1n) is 5.75. The van der Waals surface area contributed by atoms with Crippen LogP contribution in [0, 0.1) is 0 Å². The van der Waals surface area contributed by atoms with Gasteiger partial charge in [-0.2, -0.15) is 4.98 Å². The second kappa shape index (κ2) is 5.63. The number of hydrogen-bond donors (Lipinski definition) is 1. The summed E-state index contributed by atoms with van der Waals surface area (Å²) in [5.74, 6) is 0.811. The van der Waals surface area contributed by atoms with Gasteiger partial charge in [0.15, 0.2) is 5.82 Å². The second-order valence-electron chi connectivity index (χ2n) is 4.24. The summed E-state index contributed by atoms with van der Waals surface area (Å²) in [7, 11) is 1.91. The molecule has 6 heteroatoms. The largest absolute Gasteiger partial charge is 0.368 e. The van der Waals surface area contributed by atoms with Crippen molar-refractivity contribution in [2.75, 3.05) is 17.7 Å². The highest BCUT2D eigenvalue weighted by molar-refractivity contribution is 6.32. The summed E-state index contributed by atoms with van der Waals surface area (Å²) in [6, 6.07) is 7.75. The van der Waals surface area contributed by atoms with Crippen LogP contribution in [0.3, 0.4) is 0 Å². The lowest BCUT2D eigenvalue weighted by Crippen LogP contribution is -2.23. The van der Waals surface area contributed by atoms with E-state index in [1.54, 1.807) is 0 Å². The molecule has 19 heavy (non-hydrogen) atoms. The first-order valence-corrected chi connectivity index (χ1v) is 6.51. The van der Waals surface area contributed by atoms with Crippen LogP contribution in [0.4, 0.5) is 11.8 Å². The number of aromatic nitrogens is 2. The molecular weight excluding hydrogens is 283 g/mol. The zero-order valence-electron chi connectivity index (χ0n) is 10.6. The van der Waals surface area contributed by atoms with Gasteiger partial charge in [0.1, 0.15) is 5.02 Å². The Balaban J connectivity index is 2.30. The predicted molar refractivity (Wildman–Crippen MR) is 79.7 cm³/mol. The van der Waals surface area contributed by atoms with E-state index in [1.807, 2.05) is 36.2 Å². The van der Waals surface area contributed by atoms with E-state index in [1.165, 1.54) is 6.20 Å². The standard InChI is InChI=1S/C13H14Cl2N4/c1-8(9-3-5-10(14)6-4-9)19(2)12-11(15)7-17-13(16)18-12/h3-8H,1-2H3,(H2,16,17,18). The fourth-order valence-corrected chi connectivity index (χ4v) is 2.12. The van der Waals surface area contributed by atoms with Crippen LogP contribution >= 0.6 is 23.2 Å². The molecule has 0 aliphatic heterocycles. The van der Waals surface area contributed by atoms with Crippen LogP contribution in [-0.2, 0) is 0 Å². The molecule has 0 aliphatic rings. The van der Waals surface area contributed by atoms with E-state index in [9.17, 15) is 0 Å². The quantitative estimate of drug-likeness (QED) is 0.941. The van der Waals surface area contributed by atoms with Gasteiger partial charge in [-0.1, -0.05) is 35.3 Å². The highest BCUT2D eigenvalue weighted by Gasteiger charge is 2.16. The summed E-state index contributed by atoms with van der Waals surface area (Å²) in [6.07, 6.45) is 1.50. The third kappa shape index (κ3) is 3.08. The first kappa shape index (κ1) is 13.9. The Morgan fingerprint density at radius 3 is 2.47 bits per heavy atom. The summed E-state index contributed by atoms with van der Waals surface area (Å²) in [6.45, 7) is 2.05. The number of benzene rings is 1. The second-order valence-corrected chi connectivity index (χ2v) is 5.08. The maximum absolute atomic E-state index is 6.10. The van der Waals surface area contributed by atoms with Gasteiger partial charge in [0.05, 0.1) is 12.2 Å². The smallest absolute Gasteiger partial charge is 0.222 e. The summed E-state index contributed by atoms with van der Waals surface area (Å²) < 4.78 is 0. The van der Waals surface area contributed by atoms with Crippen molar-refractivity contribution in [3.8, 4) is 0 Å². The number of nitrogens with zero attached hydrogens (tertiary/aromatic N) is 3. The van der Waals surface area contributed by atoms with Gasteiger partial charge in [0.2, 0.25) is 5.95 Å². The van der Waals surface area contributed by atoms with Crippen LogP contribution in [0.1, 0.15) is 18.5 Å². The lowest BCUT2D eigenvalue weighted by Gasteiger charge is -2.27. The van der Waals surface area contributed by atoms with Crippen molar-refractivity contribution in [3.63, 3.8) is 0 Å². The molecule has 2 N–H and O–H groups in total. The predicted octanol–water partition coefficient (Wildman–Crippen LogP) is 3.56. The molecule has 0 radical (unpaired) electrons. The van der Waals surface area contributed by atoms with Crippen LogP contribution in [0.5, 0.6) is 0 Å². The number of nitrogens with two attached hydrogens (primary N) is 1. The van der Waals surface area contributed by atoms with Gasteiger partial charge in [0, 0.05) is 12.1 Å². The van der Waals surface area contributed by atoms with Gasteiger partial charge < -0.3 is 10.6 Å². The van der Waals surface area contributed by atoms with E-state index in [4.69, 9.17) is 28.9 Å². The molecular formula is C13H14Cl2N4.